The van der Waals surface area contributed by atoms with Crippen LogP contribution < -0.4 is 5.32 Å². The SMILES string of the molecule is N#C/C(=C\c1ccc(Cc2cccc(F)c2)c(Cl)c1)C(=O)Nc1ccc(Cl)c(Cl)c1. The number of nitrogens with zero attached hydrogens (tertiary/aromatic N) is 1. The van der Waals surface area contributed by atoms with Crippen molar-refractivity contribution in [1.29, 1.82) is 5.26 Å². The van der Waals surface area contributed by atoms with Crippen molar-refractivity contribution in [3.05, 3.63) is 104 Å². The maximum Gasteiger partial charge on any atom is 0.266 e. The molecule has 0 aliphatic rings. The quantitative estimate of drug-likeness (QED) is 0.332. The summed E-state index contributed by atoms with van der Waals surface area (Å²) in [7, 11) is 0. The van der Waals surface area contributed by atoms with Crippen LogP contribution in [0.1, 0.15) is 16.7 Å². The minimum atomic E-state index is -0.587. The molecule has 0 spiro atoms. The van der Waals surface area contributed by atoms with Gasteiger partial charge in [0.2, 0.25) is 0 Å². The third kappa shape index (κ3) is 5.61. The number of carbonyl (C=O) groups excluding carboxylic acids is 1. The second-order valence-corrected chi connectivity index (χ2v) is 7.63. The first-order chi connectivity index (χ1) is 14.4. The van der Waals surface area contributed by atoms with E-state index in [9.17, 15) is 14.4 Å². The van der Waals surface area contributed by atoms with Crippen LogP contribution in [0.2, 0.25) is 15.1 Å². The van der Waals surface area contributed by atoms with Gasteiger partial charge in [0.05, 0.1) is 10.0 Å². The zero-order valence-corrected chi connectivity index (χ0v) is 17.7. The summed E-state index contributed by atoms with van der Waals surface area (Å²) in [6.45, 7) is 0. The highest BCUT2D eigenvalue weighted by Gasteiger charge is 2.11. The molecule has 0 heterocycles. The Bertz CT molecular complexity index is 1190. The van der Waals surface area contributed by atoms with Crippen molar-refractivity contribution in [1.82, 2.24) is 0 Å². The van der Waals surface area contributed by atoms with E-state index in [1.807, 2.05) is 12.1 Å². The molecule has 3 rings (SSSR count). The van der Waals surface area contributed by atoms with E-state index in [2.05, 4.69) is 5.32 Å². The Morgan fingerprint density at radius 2 is 1.80 bits per heavy atom. The standard InChI is InChI=1S/C23H14Cl3FN2O/c24-20-7-6-19(12-22(20)26)29-23(30)17(13-28)9-15-4-5-16(21(25)11-15)8-14-2-1-3-18(27)10-14/h1-7,9-12H,8H2,(H,29,30)/b17-9+. The highest BCUT2D eigenvalue weighted by Crippen LogP contribution is 2.26. The number of hydrogen-bond acceptors (Lipinski definition) is 2. The molecule has 0 saturated carbocycles. The largest absolute Gasteiger partial charge is 0.321 e. The highest BCUT2D eigenvalue weighted by molar-refractivity contribution is 6.42. The molecule has 150 valence electrons. The lowest BCUT2D eigenvalue weighted by molar-refractivity contribution is -0.112. The van der Waals surface area contributed by atoms with E-state index in [1.54, 1.807) is 36.4 Å². The van der Waals surface area contributed by atoms with Crippen molar-refractivity contribution in [3.63, 3.8) is 0 Å². The second-order valence-electron chi connectivity index (χ2n) is 6.41. The molecule has 0 radical (unpaired) electrons. The monoisotopic (exact) mass is 458 g/mol. The molecule has 1 amide bonds. The van der Waals surface area contributed by atoms with E-state index in [4.69, 9.17) is 34.8 Å². The minimum Gasteiger partial charge on any atom is -0.321 e. The topological polar surface area (TPSA) is 52.9 Å². The zero-order chi connectivity index (χ0) is 21.7. The van der Waals surface area contributed by atoms with Gasteiger partial charge in [0.15, 0.2) is 0 Å². The summed E-state index contributed by atoms with van der Waals surface area (Å²) in [4.78, 5) is 12.4. The van der Waals surface area contributed by atoms with Crippen molar-refractivity contribution in [3.8, 4) is 6.07 Å². The summed E-state index contributed by atoms with van der Waals surface area (Å²) in [6.07, 6.45) is 1.90. The molecule has 0 atom stereocenters. The number of rotatable bonds is 5. The number of benzene rings is 3. The average molecular weight is 460 g/mol. The average Bonchev–Trinajstić information content (AvgIpc) is 2.71. The summed E-state index contributed by atoms with van der Waals surface area (Å²) >= 11 is 18.2. The van der Waals surface area contributed by atoms with E-state index >= 15 is 0 Å². The number of hydrogen-bond donors (Lipinski definition) is 1. The summed E-state index contributed by atoms with van der Waals surface area (Å²) in [5.74, 6) is -0.898. The summed E-state index contributed by atoms with van der Waals surface area (Å²) < 4.78 is 13.4. The molecule has 0 aliphatic carbocycles. The molecule has 0 unspecified atom stereocenters. The molecule has 0 bridgehead atoms. The number of carbonyl (C=O) groups is 1. The number of nitriles is 1. The lowest BCUT2D eigenvalue weighted by Gasteiger charge is -2.07. The summed E-state index contributed by atoms with van der Waals surface area (Å²) in [6, 6.07) is 18.0. The molecule has 3 nitrogen and oxygen atoms in total. The first kappa shape index (κ1) is 21.9. The van der Waals surface area contributed by atoms with Gasteiger partial charge in [-0.1, -0.05) is 59.1 Å². The molecule has 0 saturated heterocycles. The molecule has 3 aromatic carbocycles. The lowest BCUT2D eigenvalue weighted by Crippen LogP contribution is -2.13. The normalized spacial score (nSPS) is 11.1. The summed E-state index contributed by atoms with van der Waals surface area (Å²) in [5.41, 5.74) is 2.50. The van der Waals surface area contributed by atoms with Crippen LogP contribution in [0.15, 0.2) is 66.2 Å². The zero-order valence-electron chi connectivity index (χ0n) is 15.4. The maximum atomic E-state index is 13.4. The van der Waals surface area contributed by atoms with Crippen LogP contribution >= 0.6 is 34.8 Å². The Morgan fingerprint density at radius 1 is 1.00 bits per heavy atom. The van der Waals surface area contributed by atoms with Gasteiger partial charge in [0.1, 0.15) is 17.5 Å². The van der Waals surface area contributed by atoms with E-state index in [-0.39, 0.29) is 16.4 Å². The van der Waals surface area contributed by atoms with Crippen molar-refractivity contribution in [2.75, 3.05) is 5.32 Å². The predicted octanol–water partition coefficient (Wildman–Crippen LogP) is 6.92. The maximum absolute atomic E-state index is 13.4. The van der Waals surface area contributed by atoms with Crippen LogP contribution in [0.4, 0.5) is 10.1 Å². The van der Waals surface area contributed by atoms with E-state index in [0.29, 0.717) is 27.7 Å². The fourth-order valence-electron chi connectivity index (χ4n) is 2.75. The van der Waals surface area contributed by atoms with Crippen LogP contribution in [0.5, 0.6) is 0 Å². The van der Waals surface area contributed by atoms with Gasteiger partial charge >= 0.3 is 0 Å². The van der Waals surface area contributed by atoms with Crippen LogP contribution in [0.3, 0.4) is 0 Å². The van der Waals surface area contributed by atoms with Gasteiger partial charge in [0, 0.05) is 10.7 Å². The van der Waals surface area contributed by atoms with Gasteiger partial charge in [-0.15, -0.1) is 0 Å². The smallest absolute Gasteiger partial charge is 0.266 e. The fourth-order valence-corrected chi connectivity index (χ4v) is 3.31. The number of anilines is 1. The van der Waals surface area contributed by atoms with Crippen LogP contribution in [0, 0.1) is 17.1 Å². The van der Waals surface area contributed by atoms with E-state index in [1.165, 1.54) is 24.3 Å². The van der Waals surface area contributed by atoms with Crippen LogP contribution in [0.25, 0.3) is 6.08 Å². The second kappa shape index (κ2) is 9.77. The minimum absolute atomic E-state index is 0.102. The number of halogens is 4. The van der Waals surface area contributed by atoms with Gasteiger partial charge in [-0.3, -0.25) is 4.79 Å². The van der Waals surface area contributed by atoms with Gasteiger partial charge < -0.3 is 5.32 Å². The fraction of sp³-hybridized carbons (Fsp3) is 0.0435. The Balaban J connectivity index is 1.78. The third-order valence-electron chi connectivity index (χ3n) is 4.21. The van der Waals surface area contributed by atoms with Crippen molar-refractivity contribution >= 4 is 52.5 Å². The molecule has 0 aromatic heterocycles. The molecule has 3 aromatic rings. The molecule has 1 N–H and O–H groups in total. The van der Waals surface area contributed by atoms with Crippen LogP contribution in [-0.2, 0) is 11.2 Å². The molecule has 7 heteroatoms. The summed E-state index contributed by atoms with van der Waals surface area (Å²) in [5, 5.41) is 13.1. The third-order valence-corrected chi connectivity index (χ3v) is 5.31. The molecule has 30 heavy (non-hydrogen) atoms. The number of nitrogens with one attached hydrogen (secondary N) is 1. The van der Waals surface area contributed by atoms with Gasteiger partial charge in [-0.05, 0) is 65.6 Å². The molecular formula is C23H14Cl3FN2O. The van der Waals surface area contributed by atoms with Gasteiger partial charge in [-0.2, -0.15) is 5.26 Å². The molecule has 0 aliphatic heterocycles. The Hall–Kier alpha value is -2.84. The van der Waals surface area contributed by atoms with Crippen molar-refractivity contribution in [2.45, 2.75) is 6.42 Å². The molecule has 0 fully saturated rings. The molecular weight excluding hydrogens is 446 g/mol. The van der Waals surface area contributed by atoms with Gasteiger partial charge in [-0.25, -0.2) is 4.39 Å². The van der Waals surface area contributed by atoms with E-state index < -0.39 is 5.91 Å². The lowest BCUT2D eigenvalue weighted by atomic mass is 10.0. The highest BCUT2D eigenvalue weighted by atomic mass is 35.5. The Labute approximate surface area is 188 Å². The van der Waals surface area contributed by atoms with E-state index in [0.717, 1.165) is 11.1 Å². The first-order valence-electron chi connectivity index (χ1n) is 8.77. The Kier molecular flexibility index (Phi) is 7.12. The van der Waals surface area contributed by atoms with Crippen LogP contribution in [-0.4, -0.2) is 5.91 Å². The predicted molar refractivity (Wildman–Crippen MR) is 119 cm³/mol. The number of amides is 1. The van der Waals surface area contributed by atoms with Crippen molar-refractivity contribution < 1.29 is 9.18 Å². The van der Waals surface area contributed by atoms with Crippen molar-refractivity contribution in [2.24, 2.45) is 0 Å². The first-order valence-corrected chi connectivity index (χ1v) is 9.90. The van der Waals surface area contributed by atoms with Gasteiger partial charge in [0.25, 0.3) is 5.91 Å². The Morgan fingerprint density at radius 3 is 2.47 bits per heavy atom.